The summed E-state index contributed by atoms with van der Waals surface area (Å²) in [7, 11) is 1.57. The molecule has 23 heavy (non-hydrogen) atoms. The molecule has 1 aromatic carbocycles. The lowest BCUT2D eigenvalue weighted by molar-refractivity contribution is 0.295. The minimum absolute atomic E-state index is 0.345. The van der Waals surface area contributed by atoms with E-state index in [4.69, 9.17) is 9.47 Å². The van der Waals surface area contributed by atoms with E-state index < -0.39 is 0 Å². The van der Waals surface area contributed by atoms with Crippen molar-refractivity contribution in [3.8, 4) is 22.8 Å². The Bertz CT molecular complexity index is 791. The van der Waals surface area contributed by atoms with Crippen LogP contribution in [0.3, 0.4) is 0 Å². The lowest BCUT2D eigenvalue weighted by atomic mass is 10.0. The SMILES string of the molecule is COc1cncc(COc2ccc(-c3cccnc3)cc2C)n1. The first-order chi connectivity index (χ1) is 11.3. The van der Waals surface area contributed by atoms with Crippen molar-refractivity contribution in [2.24, 2.45) is 0 Å². The van der Waals surface area contributed by atoms with Crippen LogP contribution in [-0.2, 0) is 6.61 Å². The minimum atomic E-state index is 0.345. The van der Waals surface area contributed by atoms with Gasteiger partial charge < -0.3 is 9.47 Å². The summed E-state index contributed by atoms with van der Waals surface area (Å²) >= 11 is 0. The summed E-state index contributed by atoms with van der Waals surface area (Å²) in [6.45, 7) is 2.36. The highest BCUT2D eigenvalue weighted by Gasteiger charge is 2.05. The second-order valence-corrected chi connectivity index (χ2v) is 5.06. The Morgan fingerprint density at radius 2 is 1.91 bits per heavy atom. The van der Waals surface area contributed by atoms with Gasteiger partial charge in [-0.05, 0) is 36.2 Å². The van der Waals surface area contributed by atoms with Gasteiger partial charge in [-0.1, -0.05) is 12.1 Å². The molecule has 0 aliphatic carbocycles. The molecule has 0 amide bonds. The van der Waals surface area contributed by atoms with E-state index >= 15 is 0 Å². The molecule has 0 aliphatic rings. The third-order valence-electron chi connectivity index (χ3n) is 3.42. The third kappa shape index (κ3) is 3.63. The average molecular weight is 307 g/mol. The first-order valence-electron chi connectivity index (χ1n) is 7.25. The summed E-state index contributed by atoms with van der Waals surface area (Å²) in [5.74, 6) is 1.30. The molecule has 3 rings (SSSR count). The molecule has 0 saturated carbocycles. The number of methoxy groups -OCH3 is 1. The predicted octanol–water partition coefficient (Wildman–Crippen LogP) is 3.43. The van der Waals surface area contributed by atoms with Crippen LogP contribution in [0.4, 0.5) is 0 Å². The maximum Gasteiger partial charge on any atom is 0.232 e. The first-order valence-corrected chi connectivity index (χ1v) is 7.25. The zero-order valence-corrected chi connectivity index (χ0v) is 13.1. The van der Waals surface area contributed by atoms with Crippen LogP contribution in [0.25, 0.3) is 11.1 Å². The number of pyridine rings is 1. The highest BCUT2D eigenvalue weighted by atomic mass is 16.5. The molecule has 0 spiro atoms. The molecule has 0 bridgehead atoms. The Kier molecular flexibility index (Phi) is 4.47. The van der Waals surface area contributed by atoms with Crippen LogP contribution >= 0.6 is 0 Å². The fraction of sp³-hybridized carbons (Fsp3) is 0.167. The van der Waals surface area contributed by atoms with Crippen molar-refractivity contribution in [3.63, 3.8) is 0 Å². The van der Waals surface area contributed by atoms with E-state index in [1.54, 1.807) is 25.7 Å². The van der Waals surface area contributed by atoms with Gasteiger partial charge in [0.1, 0.15) is 18.1 Å². The number of aryl methyl sites for hydroxylation is 1. The molecule has 0 radical (unpaired) electrons. The monoisotopic (exact) mass is 307 g/mol. The van der Waals surface area contributed by atoms with Crippen LogP contribution in [0.2, 0.25) is 0 Å². The Hall–Kier alpha value is -2.95. The molecule has 5 heteroatoms. The Morgan fingerprint density at radius 1 is 1.00 bits per heavy atom. The van der Waals surface area contributed by atoms with Crippen LogP contribution in [0.1, 0.15) is 11.3 Å². The zero-order chi connectivity index (χ0) is 16.1. The van der Waals surface area contributed by atoms with E-state index in [2.05, 4.69) is 21.0 Å². The molecule has 0 unspecified atom stereocenters. The van der Waals surface area contributed by atoms with E-state index in [1.807, 2.05) is 37.4 Å². The Balaban J connectivity index is 1.73. The fourth-order valence-electron chi connectivity index (χ4n) is 2.23. The van der Waals surface area contributed by atoms with E-state index in [0.717, 1.165) is 28.1 Å². The number of hydrogen-bond acceptors (Lipinski definition) is 5. The van der Waals surface area contributed by atoms with Gasteiger partial charge in [0.25, 0.3) is 0 Å². The van der Waals surface area contributed by atoms with Crippen molar-refractivity contribution in [2.45, 2.75) is 13.5 Å². The summed E-state index contributed by atoms with van der Waals surface area (Å²) in [5.41, 5.74) is 3.98. The van der Waals surface area contributed by atoms with Crippen molar-refractivity contribution < 1.29 is 9.47 Å². The predicted molar refractivity (Wildman–Crippen MR) is 87.3 cm³/mol. The standard InChI is InChI=1S/C18H17N3O2/c1-13-8-14(15-4-3-7-19-9-15)5-6-17(13)23-12-16-10-20-11-18(21-16)22-2/h3-11H,12H2,1-2H3. The van der Waals surface area contributed by atoms with Crippen LogP contribution in [0.15, 0.2) is 55.1 Å². The Labute approximate surface area is 135 Å². The van der Waals surface area contributed by atoms with Gasteiger partial charge in [-0.25, -0.2) is 4.98 Å². The lowest BCUT2D eigenvalue weighted by Crippen LogP contribution is -2.01. The smallest absolute Gasteiger partial charge is 0.232 e. The maximum atomic E-state index is 5.84. The van der Waals surface area contributed by atoms with Crippen molar-refractivity contribution in [1.29, 1.82) is 0 Å². The number of benzene rings is 1. The average Bonchev–Trinajstić information content (AvgIpc) is 2.61. The van der Waals surface area contributed by atoms with E-state index in [-0.39, 0.29) is 0 Å². The van der Waals surface area contributed by atoms with Crippen LogP contribution < -0.4 is 9.47 Å². The highest BCUT2D eigenvalue weighted by molar-refractivity contribution is 5.64. The van der Waals surface area contributed by atoms with Gasteiger partial charge in [-0.3, -0.25) is 9.97 Å². The topological polar surface area (TPSA) is 57.1 Å². The summed E-state index contributed by atoms with van der Waals surface area (Å²) in [4.78, 5) is 12.5. The fourth-order valence-corrected chi connectivity index (χ4v) is 2.23. The van der Waals surface area contributed by atoms with Crippen molar-refractivity contribution >= 4 is 0 Å². The van der Waals surface area contributed by atoms with Crippen LogP contribution in [0.5, 0.6) is 11.6 Å². The van der Waals surface area contributed by atoms with E-state index in [9.17, 15) is 0 Å². The summed E-state index contributed by atoms with van der Waals surface area (Å²) < 4.78 is 10.9. The zero-order valence-electron chi connectivity index (χ0n) is 13.1. The normalized spacial score (nSPS) is 10.3. The molecule has 3 aromatic rings. The number of ether oxygens (including phenoxy) is 2. The van der Waals surface area contributed by atoms with Crippen LogP contribution in [0, 0.1) is 6.92 Å². The van der Waals surface area contributed by atoms with Gasteiger partial charge in [0.15, 0.2) is 0 Å². The quantitative estimate of drug-likeness (QED) is 0.722. The van der Waals surface area contributed by atoms with Gasteiger partial charge in [0, 0.05) is 18.0 Å². The number of hydrogen-bond donors (Lipinski definition) is 0. The van der Waals surface area contributed by atoms with Gasteiger partial charge in [0.05, 0.1) is 19.5 Å². The number of nitrogens with zero attached hydrogens (tertiary/aromatic N) is 3. The number of aromatic nitrogens is 3. The molecule has 116 valence electrons. The summed E-state index contributed by atoms with van der Waals surface area (Å²) in [6, 6.07) is 10.0. The second-order valence-electron chi connectivity index (χ2n) is 5.06. The molecule has 0 fully saturated rings. The van der Waals surface area contributed by atoms with Crippen molar-refractivity contribution in [1.82, 2.24) is 15.0 Å². The van der Waals surface area contributed by atoms with Gasteiger partial charge in [-0.15, -0.1) is 0 Å². The second kappa shape index (κ2) is 6.87. The molecular weight excluding hydrogens is 290 g/mol. The first kappa shape index (κ1) is 15.0. The molecular formula is C18H17N3O2. The largest absolute Gasteiger partial charge is 0.487 e. The van der Waals surface area contributed by atoms with E-state index in [1.165, 1.54) is 0 Å². The van der Waals surface area contributed by atoms with E-state index in [0.29, 0.717) is 12.5 Å². The molecule has 2 heterocycles. The molecule has 0 N–H and O–H groups in total. The van der Waals surface area contributed by atoms with Gasteiger partial charge in [0.2, 0.25) is 5.88 Å². The lowest BCUT2D eigenvalue weighted by Gasteiger charge is -2.11. The van der Waals surface area contributed by atoms with Gasteiger partial charge in [-0.2, -0.15) is 0 Å². The van der Waals surface area contributed by atoms with Gasteiger partial charge >= 0.3 is 0 Å². The van der Waals surface area contributed by atoms with Crippen molar-refractivity contribution in [3.05, 3.63) is 66.4 Å². The highest BCUT2D eigenvalue weighted by Crippen LogP contribution is 2.26. The molecule has 2 aromatic heterocycles. The molecule has 0 saturated heterocycles. The Morgan fingerprint density at radius 3 is 2.65 bits per heavy atom. The maximum absolute atomic E-state index is 5.84. The number of rotatable bonds is 5. The molecule has 0 atom stereocenters. The van der Waals surface area contributed by atoms with Crippen LogP contribution in [-0.4, -0.2) is 22.1 Å². The summed E-state index contributed by atoms with van der Waals surface area (Å²) in [5, 5.41) is 0. The molecule has 5 nitrogen and oxygen atoms in total. The summed E-state index contributed by atoms with van der Waals surface area (Å²) in [6.07, 6.45) is 6.85. The molecule has 0 aliphatic heterocycles. The minimum Gasteiger partial charge on any atom is -0.487 e. The third-order valence-corrected chi connectivity index (χ3v) is 3.42. The van der Waals surface area contributed by atoms with Crippen molar-refractivity contribution in [2.75, 3.05) is 7.11 Å².